The zero-order valence-corrected chi connectivity index (χ0v) is 16.1. The molecule has 0 atom stereocenters. The molecule has 0 aliphatic carbocycles. The standard InChI is InChI=1S/C19H17N3O5S/c1-4-7-21-16-10-13(22(24)25)5-6-17(16)28-19(21)20-18(23)12-8-14(26-2)11-15(9-12)27-3/h4-6,8-11H,1,7H2,2-3H3. The maximum Gasteiger partial charge on any atom is 0.279 e. The van der Waals surface area contributed by atoms with Crippen LogP contribution in [0, 0.1) is 10.1 Å². The van der Waals surface area contributed by atoms with Crippen molar-refractivity contribution in [1.82, 2.24) is 4.57 Å². The highest BCUT2D eigenvalue weighted by Crippen LogP contribution is 2.25. The second-order valence-corrected chi connectivity index (χ2v) is 6.72. The molecular formula is C19H17N3O5S. The zero-order valence-electron chi connectivity index (χ0n) is 15.2. The molecule has 0 aliphatic rings. The number of nitrogens with zero attached hydrogens (tertiary/aromatic N) is 3. The number of allylic oxidation sites excluding steroid dienone is 1. The Hall–Kier alpha value is -3.46. The molecule has 0 aliphatic heterocycles. The van der Waals surface area contributed by atoms with E-state index in [-0.39, 0.29) is 5.69 Å². The summed E-state index contributed by atoms with van der Waals surface area (Å²) in [5.74, 6) is 0.476. The molecule has 28 heavy (non-hydrogen) atoms. The maximum atomic E-state index is 12.7. The van der Waals surface area contributed by atoms with Gasteiger partial charge in [-0.25, -0.2) is 0 Å². The predicted molar refractivity (Wildman–Crippen MR) is 106 cm³/mol. The Labute approximate surface area is 164 Å². The highest BCUT2D eigenvalue weighted by Gasteiger charge is 2.14. The van der Waals surface area contributed by atoms with E-state index < -0.39 is 10.8 Å². The molecule has 0 spiro atoms. The van der Waals surface area contributed by atoms with E-state index in [0.717, 1.165) is 4.70 Å². The first-order chi connectivity index (χ1) is 13.5. The summed E-state index contributed by atoms with van der Waals surface area (Å²) >= 11 is 1.27. The van der Waals surface area contributed by atoms with Gasteiger partial charge in [0.15, 0.2) is 4.80 Å². The Balaban J connectivity index is 2.15. The normalized spacial score (nSPS) is 11.4. The van der Waals surface area contributed by atoms with Crippen molar-refractivity contribution in [2.24, 2.45) is 4.99 Å². The van der Waals surface area contributed by atoms with E-state index in [4.69, 9.17) is 9.47 Å². The molecule has 0 unspecified atom stereocenters. The van der Waals surface area contributed by atoms with Gasteiger partial charge in [0.2, 0.25) is 0 Å². The number of ether oxygens (including phenoxy) is 2. The van der Waals surface area contributed by atoms with Gasteiger partial charge in [-0.2, -0.15) is 4.99 Å². The molecule has 0 radical (unpaired) electrons. The van der Waals surface area contributed by atoms with Crippen LogP contribution in [0.2, 0.25) is 0 Å². The van der Waals surface area contributed by atoms with E-state index in [1.54, 1.807) is 34.9 Å². The van der Waals surface area contributed by atoms with Crippen LogP contribution in [0.25, 0.3) is 10.2 Å². The number of carbonyl (C=O) groups is 1. The largest absolute Gasteiger partial charge is 0.497 e. The minimum atomic E-state index is -0.476. The number of nitro benzene ring substituents is 1. The number of fused-ring (bicyclic) bond motifs is 1. The summed E-state index contributed by atoms with van der Waals surface area (Å²) in [7, 11) is 2.99. The van der Waals surface area contributed by atoms with Gasteiger partial charge in [-0.15, -0.1) is 6.58 Å². The third kappa shape index (κ3) is 3.79. The number of hydrogen-bond donors (Lipinski definition) is 0. The van der Waals surface area contributed by atoms with Crippen LogP contribution in [0.4, 0.5) is 5.69 Å². The fraction of sp³-hybridized carbons (Fsp3) is 0.158. The van der Waals surface area contributed by atoms with Crippen molar-refractivity contribution in [3.8, 4) is 11.5 Å². The molecule has 1 amide bonds. The third-order valence-corrected chi connectivity index (χ3v) is 5.04. The number of amides is 1. The first kappa shape index (κ1) is 19.3. The Kier molecular flexibility index (Phi) is 5.55. The van der Waals surface area contributed by atoms with E-state index in [1.807, 2.05) is 0 Å². The number of non-ortho nitro benzene ring substituents is 1. The molecule has 3 rings (SSSR count). The van der Waals surface area contributed by atoms with Gasteiger partial charge in [-0.3, -0.25) is 14.9 Å². The van der Waals surface area contributed by atoms with Crippen molar-refractivity contribution in [2.75, 3.05) is 14.2 Å². The zero-order chi connectivity index (χ0) is 20.3. The van der Waals surface area contributed by atoms with Gasteiger partial charge in [0.1, 0.15) is 11.5 Å². The second kappa shape index (κ2) is 8.05. The van der Waals surface area contributed by atoms with Gasteiger partial charge in [0.05, 0.1) is 29.4 Å². The van der Waals surface area contributed by atoms with Gasteiger partial charge < -0.3 is 14.0 Å². The van der Waals surface area contributed by atoms with Crippen molar-refractivity contribution in [1.29, 1.82) is 0 Å². The summed E-state index contributed by atoms with van der Waals surface area (Å²) in [6.45, 7) is 4.07. The highest BCUT2D eigenvalue weighted by molar-refractivity contribution is 7.16. The number of carbonyl (C=O) groups excluding carboxylic acids is 1. The van der Waals surface area contributed by atoms with Gasteiger partial charge in [0, 0.05) is 30.3 Å². The number of thiazole rings is 1. The summed E-state index contributed by atoms with van der Waals surface area (Å²) in [5, 5.41) is 11.1. The lowest BCUT2D eigenvalue weighted by Crippen LogP contribution is -2.16. The number of hydrogen-bond acceptors (Lipinski definition) is 6. The molecule has 2 aromatic carbocycles. The molecular weight excluding hydrogens is 382 g/mol. The molecule has 9 heteroatoms. The lowest BCUT2D eigenvalue weighted by molar-refractivity contribution is -0.384. The fourth-order valence-electron chi connectivity index (χ4n) is 2.64. The number of nitro groups is 1. The van der Waals surface area contributed by atoms with Crippen molar-refractivity contribution < 1.29 is 19.2 Å². The maximum absolute atomic E-state index is 12.7. The molecule has 8 nitrogen and oxygen atoms in total. The van der Waals surface area contributed by atoms with E-state index >= 15 is 0 Å². The summed E-state index contributed by atoms with van der Waals surface area (Å²) < 4.78 is 12.9. The molecule has 0 saturated carbocycles. The summed E-state index contributed by atoms with van der Waals surface area (Å²) in [6.07, 6.45) is 1.64. The Morgan fingerprint density at radius 3 is 2.50 bits per heavy atom. The van der Waals surface area contributed by atoms with Crippen molar-refractivity contribution in [2.45, 2.75) is 6.54 Å². The third-order valence-electron chi connectivity index (χ3n) is 3.98. The fourth-order valence-corrected chi connectivity index (χ4v) is 3.66. The topological polar surface area (TPSA) is 96.0 Å². The molecule has 1 heterocycles. The Bertz CT molecular complexity index is 1120. The van der Waals surface area contributed by atoms with Crippen LogP contribution in [0.5, 0.6) is 11.5 Å². The SMILES string of the molecule is C=CCn1c(=NC(=O)c2cc(OC)cc(OC)c2)sc2ccc([N+](=O)[O-])cc21. The number of methoxy groups -OCH3 is 2. The minimum absolute atomic E-state index is 0.0291. The predicted octanol–water partition coefficient (Wildman–Crippen LogP) is 3.56. The second-order valence-electron chi connectivity index (χ2n) is 5.71. The smallest absolute Gasteiger partial charge is 0.279 e. The van der Waals surface area contributed by atoms with Gasteiger partial charge in [-0.05, 0) is 18.2 Å². The van der Waals surface area contributed by atoms with Gasteiger partial charge >= 0.3 is 0 Å². The van der Waals surface area contributed by atoms with E-state index in [2.05, 4.69) is 11.6 Å². The van der Waals surface area contributed by atoms with Crippen LogP contribution < -0.4 is 14.3 Å². The molecule has 0 saturated heterocycles. The molecule has 3 aromatic rings. The minimum Gasteiger partial charge on any atom is -0.497 e. The number of rotatable bonds is 6. The van der Waals surface area contributed by atoms with Gasteiger partial charge in [0.25, 0.3) is 11.6 Å². The van der Waals surface area contributed by atoms with E-state index in [1.165, 1.54) is 37.7 Å². The Morgan fingerprint density at radius 1 is 1.25 bits per heavy atom. The quantitative estimate of drug-likeness (QED) is 0.359. The summed E-state index contributed by atoms with van der Waals surface area (Å²) in [5.41, 5.74) is 0.900. The van der Waals surface area contributed by atoms with Crippen LogP contribution in [-0.4, -0.2) is 29.6 Å². The summed E-state index contributed by atoms with van der Waals surface area (Å²) in [6, 6.07) is 9.35. The summed E-state index contributed by atoms with van der Waals surface area (Å²) in [4.78, 5) is 28.0. The first-order valence-electron chi connectivity index (χ1n) is 8.17. The number of benzene rings is 2. The molecule has 0 fully saturated rings. The highest BCUT2D eigenvalue weighted by atomic mass is 32.1. The average Bonchev–Trinajstić information content (AvgIpc) is 3.04. The Morgan fingerprint density at radius 2 is 1.93 bits per heavy atom. The lowest BCUT2D eigenvalue weighted by atomic mass is 10.2. The van der Waals surface area contributed by atoms with Crippen molar-refractivity contribution in [3.63, 3.8) is 0 Å². The van der Waals surface area contributed by atoms with E-state index in [0.29, 0.717) is 33.9 Å². The van der Waals surface area contributed by atoms with Crippen LogP contribution in [0.3, 0.4) is 0 Å². The van der Waals surface area contributed by atoms with Crippen LogP contribution in [-0.2, 0) is 6.54 Å². The molecule has 144 valence electrons. The molecule has 1 aromatic heterocycles. The van der Waals surface area contributed by atoms with Crippen LogP contribution in [0.15, 0.2) is 54.0 Å². The van der Waals surface area contributed by atoms with Crippen LogP contribution >= 0.6 is 11.3 Å². The average molecular weight is 399 g/mol. The van der Waals surface area contributed by atoms with Gasteiger partial charge in [-0.1, -0.05) is 17.4 Å². The van der Waals surface area contributed by atoms with Crippen LogP contribution in [0.1, 0.15) is 10.4 Å². The molecule has 0 N–H and O–H groups in total. The monoisotopic (exact) mass is 399 g/mol. The lowest BCUT2D eigenvalue weighted by Gasteiger charge is -2.06. The van der Waals surface area contributed by atoms with Crippen molar-refractivity contribution >= 4 is 33.1 Å². The first-order valence-corrected chi connectivity index (χ1v) is 8.99. The van der Waals surface area contributed by atoms with Crippen molar-refractivity contribution in [3.05, 3.63) is 69.5 Å². The molecule has 0 bridgehead atoms. The van der Waals surface area contributed by atoms with E-state index in [9.17, 15) is 14.9 Å². The number of aromatic nitrogens is 1.